The molecule has 0 aromatic rings. The minimum atomic E-state index is -0.257. The topological polar surface area (TPSA) is 49.3 Å². The van der Waals surface area contributed by atoms with Crippen molar-refractivity contribution in [1.29, 1.82) is 0 Å². The molecule has 0 spiro atoms. The van der Waals surface area contributed by atoms with E-state index in [4.69, 9.17) is 0 Å². The van der Waals surface area contributed by atoms with Crippen molar-refractivity contribution in [2.75, 3.05) is 7.05 Å². The fourth-order valence-electron chi connectivity index (χ4n) is 7.59. The predicted molar refractivity (Wildman–Crippen MR) is 100 cm³/mol. The number of hydrogen-bond acceptors (Lipinski definition) is 3. The van der Waals surface area contributed by atoms with Gasteiger partial charge in [0.1, 0.15) is 5.78 Å². The van der Waals surface area contributed by atoms with Gasteiger partial charge in [-0.05, 0) is 74.2 Å². The van der Waals surface area contributed by atoms with E-state index >= 15 is 0 Å². The average molecular weight is 346 g/mol. The molecule has 140 valence electrons. The number of aliphatic hydroxyl groups excluding tert-OH is 1. The number of carbonyl (C=O) groups excluding carboxylic acids is 1. The molecule has 3 heteroatoms. The van der Waals surface area contributed by atoms with Gasteiger partial charge in [-0.2, -0.15) is 0 Å². The molecule has 4 aliphatic carbocycles. The van der Waals surface area contributed by atoms with Gasteiger partial charge in [0.15, 0.2) is 0 Å². The zero-order chi connectivity index (χ0) is 18.0. The van der Waals surface area contributed by atoms with Gasteiger partial charge in [0, 0.05) is 18.4 Å². The van der Waals surface area contributed by atoms with Crippen LogP contribution in [0.5, 0.6) is 0 Å². The van der Waals surface area contributed by atoms with Gasteiger partial charge in [-0.3, -0.25) is 4.79 Å². The van der Waals surface area contributed by atoms with Crippen LogP contribution in [0.15, 0.2) is 11.6 Å². The van der Waals surface area contributed by atoms with E-state index in [1.165, 1.54) is 12.8 Å². The molecule has 0 aliphatic heterocycles. The summed E-state index contributed by atoms with van der Waals surface area (Å²) >= 11 is 0. The molecule has 0 heterocycles. The number of rotatable bonds is 2. The monoisotopic (exact) mass is 345 g/mol. The molecule has 4 rings (SSSR count). The van der Waals surface area contributed by atoms with Crippen LogP contribution in [0.4, 0.5) is 0 Å². The van der Waals surface area contributed by atoms with Crippen LogP contribution in [0.2, 0.25) is 0 Å². The summed E-state index contributed by atoms with van der Waals surface area (Å²) in [4.78, 5) is 12.7. The van der Waals surface area contributed by atoms with Crippen LogP contribution in [0.3, 0.4) is 0 Å². The second kappa shape index (κ2) is 5.92. The Morgan fingerprint density at radius 2 is 2.04 bits per heavy atom. The number of allylic oxidation sites excluding steroid dienone is 1. The Balaban J connectivity index is 1.67. The lowest BCUT2D eigenvalue weighted by molar-refractivity contribution is -0.122. The van der Waals surface area contributed by atoms with E-state index in [-0.39, 0.29) is 28.9 Å². The van der Waals surface area contributed by atoms with Gasteiger partial charge < -0.3 is 10.4 Å². The number of aliphatic hydroxyl groups is 1. The molecular formula is C22H35NO2. The first-order chi connectivity index (χ1) is 11.8. The van der Waals surface area contributed by atoms with Gasteiger partial charge >= 0.3 is 0 Å². The Morgan fingerprint density at radius 1 is 1.28 bits per heavy atom. The summed E-state index contributed by atoms with van der Waals surface area (Å²) in [5.74, 6) is 2.63. The Labute approximate surface area is 152 Å². The SMILES string of the molecule is CC[C@H]1C(=O)C[C@H]2[C@@H]3CC=C4C[C@H](NC)[C@H](O)C[C@]4(C)[C@H]3CC[C@]12C. The van der Waals surface area contributed by atoms with Gasteiger partial charge in [0.05, 0.1) is 6.10 Å². The van der Waals surface area contributed by atoms with Crippen LogP contribution in [-0.4, -0.2) is 30.1 Å². The summed E-state index contributed by atoms with van der Waals surface area (Å²) in [5.41, 5.74) is 1.92. The number of nitrogens with one attached hydrogen (secondary N) is 1. The highest BCUT2D eigenvalue weighted by Crippen LogP contribution is 2.65. The summed E-state index contributed by atoms with van der Waals surface area (Å²) in [6.45, 7) is 7.00. The van der Waals surface area contributed by atoms with Crippen molar-refractivity contribution in [3.63, 3.8) is 0 Å². The third-order valence-corrected chi connectivity index (χ3v) is 8.99. The zero-order valence-electron chi connectivity index (χ0n) is 16.3. The van der Waals surface area contributed by atoms with Crippen molar-refractivity contribution in [1.82, 2.24) is 5.32 Å². The normalized spacial score (nSPS) is 52.2. The van der Waals surface area contributed by atoms with Gasteiger partial charge in [-0.1, -0.05) is 32.4 Å². The van der Waals surface area contributed by atoms with E-state index in [1.54, 1.807) is 5.57 Å². The van der Waals surface area contributed by atoms with Crippen LogP contribution in [0, 0.1) is 34.5 Å². The first-order valence-corrected chi connectivity index (χ1v) is 10.4. The maximum atomic E-state index is 12.7. The van der Waals surface area contributed by atoms with E-state index in [1.807, 2.05) is 7.05 Å². The number of ketones is 1. The number of carbonyl (C=O) groups is 1. The maximum absolute atomic E-state index is 12.7. The second-order valence-corrected chi connectivity index (χ2v) is 9.81. The second-order valence-electron chi connectivity index (χ2n) is 9.81. The summed E-state index contributed by atoms with van der Waals surface area (Å²) in [7, 11) is 1.96. The fraction of sp³-hybridized carbons (Fsp3) is 0.864. The predicted octanol–water partition coefficient (Wildman–Crippen LogP) is 3.71. The van der Waals surface area contributed by atoms with Crippen LogP contribution in [0.25, 0.3) is 0 Å². The smallest absolute Gasteiger partial charge is 0.136 e. The molecule has 4 aliphatic rings. The van der Waals surface area contributed by atoms with Gasteiger partial charge in [0.2, 0.25) is 0 Å². The van der Waals surface area contributed by atoms with Crippen molar-refractivity contribution in [3.05, 3.63) is 11.6 Å². The van der Waals surface area contributed by atoms with Crippen molar-refractivity contribution < 1.29 is 9.90 Å². The summed E-state index contributed by atoms with van der Waals surface area (Å²) in [6, 6.07) is 0.197. The molecule has 0 bridgehead atoms. The molecule has 3 fully saturated rings. The Morgan fingerprint density at radius 3 is 2.72 bits per heavy atom. The minimum Gasteiger partial charge on any atom is -0.391 e. The lowest BCUT2D eigenvalue weighted by atomic mass is 9.47. The molecular weight excluding hydrogens is 310 g/mol. The van der Waals surface area contributed by atoms with Crippen LogP contribution in [0.1, 0.15) is 65.7 Å². The van der Waals surface area contributed by atoms with Crippen molar-refractivity contribution in [3.8, 4) is 0 Å². The van der Waals surface area contributed by atoms with Crippen molar-refractivity contribution in [2.24, 2.45) is 34.5 Å². The lowest BCUT2D eigenvalue weighted by Gasteiger charge is -2.58. The molecule has 2 N–H and O–H groups in total. The molecule has 0 saturated heterocycles. The lowest BCUT2D eigenvalue weighted by Crippen LogP contribution is -2.54. The van der Waals surface area contributed by atoms with E-state index in [9.17, 15) is 9.90 Å². The summed E-state index contributed by atoms with van der Waals surface area (Å²) in [5, 5.41) is 14.0. The maximum Gasteiger partial charge on any atom is 0.136 e. The quantitative estimate of drug-likeness (QED) is 0.750. The van der Waals surface area contributed by atoms with Gasteiger partial charge in [0.25, 0.3) is 0 Å². The van der Waals surface area contributed by atoms with E-state index in [2.05, 4.69) is 32.2 Å². The number of hydrogen-bond donors (Lipinski definition) is 2. The Kier molecular flexibility index (Phi) is 4.20. The van der Waals surface area contributed by atoms with Crippen LogP contribution >= 0.6 is 0 Å². The highest BCUT2D eigenvalue weighted by atomic mass is 16.3. The Bertz CT molecular complexity index is 599. The van der Waals surface area contributed by atoms with E-state index in [0.29, 0.717) is 23.5 Å². The third kappa shape index (κ3) is 2.34. The van der Waals surface area contributed by atoms with Crippen LogP contribution in [-0.2, 0) is 4.79 Å². The first-order valence-electron chi connectivity index (χ1n) is 10.4. The molecule has 25 heavy (non-hydrogen) atoms. The molecule has 3 nitrogen and oxygen atoms in total. The highest BCUT2D eigenvalue weighted by Gasteiger charge is 2.61. The molecule has 0 aromatic carbocycles. The molecule has 0 aromatic heterocycles. The third-order valence-electron chi connectivity index (χ3n) is 8.99. The zero-order valence-corrected chi connectivity index (χ0v) is 16.3. The first kappa shape index (κ1) is 17.7. The van der Waals surface area contributed by atoms with E-state index < -0.39 is 0 Å². The molecule has 0 amide bonds. The number of likely N-dealkylation sites (N-methyl/N-ethyl adjacent to an activating group) is 1. The largest absolute Gasteiger partial charge is 0.391 e. The fourth-order valence-corrected chi connectivity index (χ4v) is 7.59. The van der Waals surface area contributed by atoms with Crippen LogP contribution < -0.4 is 5.32 Å². The highest BCUT2D eigenvalue weighted by molar-refractivity contribution is 5.84. The van der Waals surface area contributed by atoms with Gasteiger partial charge in [-0.25, -0.2) is 0 Å². The Hall–Kier alpha value is -0.670. The average Bonchev–Trinajstić information content (AvgIpc) is 2.83. The van der Waals surface area contributed by atoms with Crippen molar-refractivity contribution >= 4 is 5.78 Å². The standard InChI is InChI=1S/C22H35NO2/c1-5-15-19(24)11-17-14-7-6-13-10-18(23-4)20(25)12-22(13,3)16(14)8-9-21(15,17)2/h6,14-18,20,23,25H,5,7-12H2,1-4H3/t14-,15+,16+,17+,18+,20-,21-,22+/m1/s1. The molecule has 3 saturated carbocycles. The van der Waals surface area contributed by atoms with E-state index in [0.717, 1.165) is 32.1 Å². The minimum absolute atomic E-state index is 0.129. The summed E-state index contributed by atoms with van der Waals surface area (Å²) < 4.78 is 0. The molecule has 0 radical (unpaired) electrons. The number of fused-ring (bicyclic) bond motifs is 5. The molecule has 8 atom stereocenters. The summed E-state index contributed by atoms with van der Waals surface area (Å²) in [6.07, 6.45) is 9.47. The number of Topliss-reactive ketones (excluding diaryl/α,β-unsaturated/α-hetero) is 1. The van der Waals surface area contributed by atoms with Crippen molar-refractivity contribution in [2.45, 2.75) is 77.9 Å². The van der Waals surface area contributed by atoms with Gasteiger partial charge in [-0.15, -0.1) is 0 Å². The molecule has 0 unspecified atom stereocenters.